The van der Waals surface area contributed by atoms with Gasteiger partial charge in [-0.15, -0.1) is 0 Å². The zero-order valence-electron chi connectivity index (χ0n) is 17.3. The van der Waals surface area contributed by atoms with Gasteiger partial charge in [-0.05, 0) is 25.8 Å². The van der Waals surface area contributed by atoms with Crippen LogP contribution in [0.5, 0.6) is 0 Å². The fourth-order valence-corrected chi connectivity index (χ4v) is 2.89. The molecule has 1 aliphatic heterocycles. The highest BCUT2D eigenvalue weighted by molar-refractivity contribution is 5.98. The molecule has 2 unspecified atom stereocenters. The number of aromatic nitrogens is 1. The predicted molar refractivity (Wildman–Crippen MR) is 108 cm³/mol. The van der Waals surface area contributed by atoms with Crippen LogP contribution in [0.3, 0.4) is 0 Å². The molecule has 1 saturated heterocycles. The molecule has 0 bridgehead atoms. The van der Waals surface area contributed by atoms with Crippen LogP contribution in [0, 0.1) is 6.92 Å². The molecule has 10 heteroatoms. The van der Waals surface area contributed by atoms with E-state index in [9.17, 15) is 19.2 Å². The van der Waals surface area contributed by atoms with Gasteiger partial charge in [0, 0.05) is 6.07 Å². The van der Waals surface area contributed by atoms with Crippen LogP contribution >= 0.6 is 0 Å². The third-order valence-corrected chi connectivity index (χ3v) is 4.75. The molecule has 3 N–H and O–H groups in total. The Kier molecular flexibility index (Phi) is 6.81. The molecule has 0 saturated carbocycles. The minimum Gasteiger partial charge on any atom is -0.361 e. The van der Waals surface area contributed by atoms with Gasteiger partial charge in [-0.3, -0.25) is 19.2 Å². The molecule has 2 atom stereocenters. The summed E-state index contributed by atoms with van der Waals surface area (Å²) in [6, 6.07) is 9.95. The number of Topliss-reactive ketones (excluding diaryl/α,β-unsaturated/α-hetero) is 1. The molecule has 0 radical (unpaired) electrons. The quantitative estimate of drug-likeness (QED) is 0.449. The Labute approximate surface area is 178 Å². The average Bonchev–Trinajstić information content (AvgIpc) is 3.36. The summed E-state index contributed by atoms with van der Waals surface area (Å²) in [7, 11) is 0. The number of ketones is 1. The van der Waals surface area contributed by atoms with Gasteiger partial charge < -0.3 is 25.2 Å². The molecule has 31 heavy (non-hydrogen) atoms. The maximum absolute atomic E-state index is 12.7. The van der Waals surface area contributed by atoms with E-state index in [0.717, 1.165) is 5.56 Å². The van der Waals surface area contributed by atoms with Gasteiger partial charge in [0.1, 0.15) is 11.4 Å². The third-order valence-electron chi connectivity index (χ3n) is 4.75. The van der Waals surface area contributed by atoms with Crippen molar-refractivity contribution in [1.29, 1.82) is 0 Å². The van der Waals surface area contributed by atoms with Crippen molar-refractivity contribution < 1.29 is 28.4 Å². The van der Waals surface area contributed by atoms with Crippen molar-refractivity contribution in [2.24, 2.45) is 0 Å². The number of benzene rings is 1. The fourth-order valence-electron chi connectivity index (χ4n) is 2.89. The van der Waals surface area contributed by atoms with Crippen LogP contribution < -0.4 is 16.0 Å². The molecule has 164 valence electrons. The SMILES string of the molecule is Cc1cc(C(=O)NCC(=O)NCC(=O)NC(Cc2ccccc2)C(=O)C2(C)CO2)no1. The number of amides is 3. The number of ether oxygens (including phenoxy) is 1. The summed E-state index contributed by atoms with van der Waals surface area (Å²) in [4.78, 5) is 48.8. The van der Waals surface area contributed by atoms with Gasteiger partial charge in [0.2, 0.25) is 11.8 Å². The molecule has 1 aromatic carbocycles. The summed E-state index contributed by atoms with van der Waals surface area (Å²) < 4.78 is 10.0. The van der Waals surface area contributed by atoms with Gasteiger partial charge in [-0.25, -0.2) is 0 Å². The molecule has 10 nitrogen and oxygen atoms in total. The smallest absolute Gasteiger partial charge is 0.273 e. The van der Waals surface area contributed by atoms with Crippen molar-refractivity contribution >= 4 is 23.5 Å². The number of hydrogen-bond acceptors (Lipinski definition) is 7. The summed E-state index contributed by atoms with van der Waals surface area (Å²) in [5, 5.41) is 11.0. The lowest BCUT2D eigenvalue weighted by atomic mass is 9.95. The Morgan fingerprint density at radius 1 is 1.10 bits per heavy atom. The standard InChI is InChI=1S/C21H24N4O6/c1-13-8-16(25-31-13)20(29)23-10-17(26)22-11-18(27)24-15(19(28)21(2)12-30-21)9-14-6-4-3-5-7-14/h3-8,15H,9-12H2,1-2H3,(H,22,26)(H,23,29)(H,24,27). The van der Waals surface area contributed by atoms with E-state index in [1.165, 1.54) is 6.07 Å². The summed E-state index contributed by atoms with van der Waals surface area (Å²) in [5.74, 6) is -1.40. The summed E-state index contributed by atoms with van der Waals surface area (Å²) >= 11 is 0. The first-order valence-electron chi connectivity index (χ1n) is 9.76. The molecule has 2 heterocycles. The molecule has 1 aliphatic rings. The van der Waals surface area contributed by atoms with Gasteiger partial charge in [0.15, 0.2) is 11.5 Å². The van der Waals surface area contributed by atoms with E-state index < -0.39 is 29.4 Å². The Morgan fingerprint density at radius 3 is 2.39 bits per heavy atom. The van der Waals surface area contributed by atoms with Crippen molar-refractivity contribution in [2.75, 3.05) is 19.7 Å². The van der Waals surface area contributed by atoms with E-state index in [-0.39, 0.29) is 24.6 Å². The van der Waals surface area contributed by atoms with Gasteiger partial charge in [-0.1, -0.05) is 35.5 Å². The van der Waals surface area contributed by atoms with Crippen LogP contribution in [0.25, 0.3) is 0 Å². The topological polar surface area (TPSA) is 143 Å². The van der Waals surface area contributed by atoms with Crippen molar-refractivity contribution in [3.8, 4) is 0 Å². The maximum atomic E-state index is 12.7. The van der Waals surface area contributed by atoms with Gasteiger partial charge >= 0.3 is 0 Å². The van der Waals surface area contributed by atoms with E-state index in [1.54, 1.807) is 13.8 Å². The molecule has 0 spiro atoms. The number of hydrogen-bond donors (Lipinski definition) is 3. The Balaban J connectivity index is 1.47. The molecule has 1 fully saturated rings. The Morgan fingerprint density at radius 2 is 1.77 bits per heavy atom. The molecule has 1 aromatic heterocycles. The summed E-state index contributed by atoms with van der Waals surface area (Å²) in [6.07, 6.45) is 0.311. The van der Waals surface area contributed by atoms with Crippen molar-refractivity contribution in [3.63, 3.8) is 0 Å². The van der Waals surface area contributed by atoms with E-state index in [2.05, 4.69) is 21.1 Å². The van der Waals surface area contributed by atoms with E-state index in [1.807, 2.05) is 30.3 Å². The second-order valence-corrected chi connectivity index (χ2v) is 7.48. The highest BCUT2D eigenvalue weighted by Gasteiger charge is 2.50. The highest BCUT2D eigenvalue weighted by atomic mass is 16.6. The number of carbonyl (C=O) groups is 4. The molecule has 2 aromatic rings. The van der Waals surface area contributed by atoms with Crippen LogP contribution in [0.2, 0.25) is 0 Å². The first kappa shape index (κ1) is 22.2. The van der Waals surface area contributed by atoms with Gasteiger partial charge in [-0.2, -0.15) is 0 Å². The second-order valence-electron chi connectivity index (χ2n) is 7.48. The van der Waals surface area contributed by atoms with Crippen LogP contribution in [0.4, 0.5) is 0 Å². The van der Waals surface area contributed by atoms with Crippen LogP contribution in [0.15, 0.2) is 40.9 Å². The number of nitrogens with zero attached hydrogens (tertiary/aromatic N) is 1. The minimum atomic E-state index is -0.889. The zero-order chi connectivity index (χ0) is 22.4. The molecular formula is C21H24N4O6. The second kappa shape index (κ2) is 9.52. The van der Waals surface area contributed by atoms with Crippen LogP contribution in [0.1, 0.15) is 28.7 Å². The third kappa shape index (κ3) is 6.22. The highest BCUT2D eigenvalue weighted by Crippen LogP contribution is 2.29. The van der Waals surface area contributed by atoms with Crippen LogP contribution in [-0.4, -0.2) is 60.0 Å². The van der Waals surface area contributed by atoms with Crippen molar-refractivity contribution in [3.05, 3.63) is 53.4 Å². The first-order chi connectivity index (χ1) is 14.8. The summed E-state index contributed by atoms with van der Waals surface area (Å²) in [5.41, 5.74) is 0.0565. The zero-order valence-corrected chi connectivity index (χ0v) is 17.3. The number of aryl methyl sites for hydroxylation is 1. The van der Waals surface area contributed by atoms with E-state index in [0.29, 0.717) is 18.8 Å². The Bertz CT molecular complexity index is 967. The molecule has 3 amide bonds. The maximum Gasteiger partial charge on any atom is 0.273 e. The van der Waals surface area contributed by atoms with Gasteiger partial charge in [0.05, 0.1) is 25.7 Å². The van der Waals surface area contributed by atoms with E-state index in [4.69, 9.17) is 9.26 Å². The lowest BCUT2D eigenvalue weighted by molar-refractivity contribution is -0.130. The Hall–Kier alpha value is -3.53. The predicted octanol–water partition coefficient (Wildman–Crippen LogP) is -0.0855. The number of rotatable bonds is 10. The number of carbonyl (C=O) groups excluding carboxylic acids is 4. The first-order valence-corrected chi connectivity index (χ1v) is 9.76. The van der Waals surface area contributed by atoms with Crippen molar-refractivity contribution in [1.82, 2.24) is 21.1 Å². The molecule has 3 rings (SSSR count). The van der Waals surface area contributed by atoms with Crippen molar-refractivity contribution in [2.45, 2.75) is 31.9 Å². The van der Waals surface area contributed by atoms with E-state index >= 15 is 0 Å². The fraction of sp³-hybridized carbons (Fsp3) is 0.381. The lowest BCUT2D eigenvalue weighted by Gasteiger charge is -2.20. The monoisotopic (exact) mass is 428 g/mol. The largest absolute Gasteiger partial charge is 0.361 e. The number of nitrogens with one attached hydrogen (secondary N) is 3. The normalized spacial score (nSPS) is 18.0. The lowest BCUT2D eigenvalue weighted by Crippen LogP contribution is -2.50. The molecular weight excluding hydrogens is 404 g/mol. The number of epoxide rings is 1. The average molecular weight is 428 g/mol. The summed E-state index contributed by atoms with van der Waals surface area (Å²) in [6.45, 7) is 2.96. The van der Waals surface area contributed by atoms with Gasteiger partial charge in [0.25, 0.3) is 5.91 Å². The molecule has 0 aliphatic carbocycles. The minimum absolute atomic E-state index is 0.0566. The van der Waals surface area contributed by atoms with Crippen LogP contribution in [-0.2, 0) is 25.5 Å².